The number of methoxy groups -OCH3 is 1. The van der Waals surface area contributed by atoms with Crippen molar-refractivity contribution in [3.05, 3.63) is 35.1 Å². The lowest BCUT2D eigenvalue weighted by atomic mass is 9.64. The van der Waals surface area contributed by atoms with Gasteiger partial charge in [0.25, 0.3) is 0 Å². The fraction of sp³-hybridized carbons (Fsp3) is 0.533. The summed E-state index contributed by atoms with van der Waals surface area (Å²) in [4.78, 5) is 0. The number of hydrogen-bond donors (Lipinski definition) is 1. The Morgan fingerprint density at radius 3 is 2.84 bits per heavy atom. The SMILES string of the molecule is COC1CC(NCc2cc(C#N)ccc2F)C1(C)C. The fourth-order valence-corrected chi connectivity index (χ4v) is 2.64. The van der Waals surface area contributed by atoms with Gasteiger partial charge in [0.2, 0.25) is 0 Å². The van der Waals surface area contributed by atoms with Crippen molar-refractivity contribution in [2.75, 3.05) is 7.11 Å². The summed E-state index contributed by atoms with van der Waals surface area (Å²) in [5.74, 6) is -0.271. The van der Waals surface area contributed by atoms with Gasteiger partial charge in [-0.2, -0.15) is 5.26 Å². The van der Waals surface area contributed by atoms with Crippen molar-refractivity contribution < 1.29 is 9.13 Å². The van der Waals surface area contributed by atoms with Gasteiger partial charge in [0.05, 0.1) is 17.7 Å². The van der Waals surface area contributed by atoms with E-state index < -0.39 is 0 Å². The van der Waals surface area contributed by atoms with Crippen molar-refractivity contribution in [3.63, 3.8) is 0 Å². The average molecular weight is 262 g/mol. The van der Waals surface area contributed by atoms with Crippen molar-refractivity contribution in [2.45, 2.75) is 39.0 Å². The predicted molar refractivity (Wildman–Crippen MR) is 70.9 cm³/mol. The fourth-order valence-electron chi connectivity index (χ4n) is 2.64. The first-order valence-corrected chi connectivity index (χ1v) is 6.43. The van der Waals surface area contributed by atoms with E-state index >= 15 is 0 Å². The molecule has 0 bridgehead atoms. The summed E-state index contributed by atoms with van der Waals surface area (Å²) in [6.07, 6.45) is 1.18. The molecule has 1 aromatic carbocycles. The first-order chi connectivity index (χ1) is 8.98. The molecule has 1 fully saturated rings. The lowest BCUT2D eigenvalue weighted by molar-refractivity contribution is -0.0979. The highest BCUT2D eigenvalue weighted by atomic mass is 19.1. The maximum absolute atomic E-state index is 13.6. The van der Waals surface area contributed by atoms with Gasteiger partial charge < -0.3 is 10.1 Å². The smallest absolute Gasteiger partial charge is 0.127 e. The molecule has 0 saturated heterocycles. The van der Waals surface area contributed by atoms with Crippen LogP contribution in [0.1, 0.15) is 31.4 Å². The quantitative estimate of drug-likeness (QED) is 0.907. The van der Waals surface area contributed by atoms with E-state index in [-0.39, 0.29) is 17.3 Å². The van der Waals surface area contributed by atoms with Crippen molar-refractivity contribution in [2.24, 2.45) is 5.41 Å². The van der Waals surface area contributed by atoms with Gasteiger partial charge in [0.15, 0.2) is 0 Å². The van der Waals surface area contributed by atoms with Gasteiger partial charge in [-0.15, -0.1) is 0 Å². The van der Waals surface area contributed by atoms with Crippen LogP contribution in [0.4, 0.5) is 4.39 Å². The third-order valence-corrected chi connectivity index (χ3v) is 4.18. The molecule has 1 aromatic rings. The number of rotatable bonds is 4. The zero-order valence-corrected chi connectivity index (χ0v) is 11.5. The molecule has 1 saturated carbocycles. The van der Waals surface area contributed by atoms with E-state index in [4.69, 9.17) is 10.00 Å². The van der Waals surface area contributed by atoms with Crippen LogP contribution in [-0.2, 0) is 11.3 Å². The van der Waals surface area contributed by atoms with Crippen LogP contribution in [0.15, 0.2) is 18.2 Å². The van der Waals surface area contributed by atoms with Gasteiger partial charge in [0.1, 0.15) is 5.82 Å². The topological polar surface area (TPSA) is 45.0 Å². The molecule has 1 aliphatic carbocycles. The molecule has 3 nitrogen and oxygen atoms in total. The molecule has 19 heavy (non-hydrogen) atoms. The second-order valence-electron chi connectivity index (χ2n) is 5.63. The molecule has 4 heteroatoms. The van der Waals surface area contributed by atoms with E-state index in [1.54, 1.807) is 13.2 Å². The minimum atomic E-state index is -0.271. The van der Waals surface area contributed by atoms with Crippen LogP contribution in [0.3, 0.4) is 0 Å². The molecule has 0 radical (unpaired) electrons. The average Bonchev–Trinajstić information content (AvgIpc) is 2.39. The molecule has 2 atom stereocenters. The van der Waals surface area contributed by atoms with E-state index in [1.807, 2.05) is 6.07 Å². The van der Waals surface area contributed by atoms with Crippen molar-refractivity contribution in [1.29, 1.82) is 5.26 Å². The maximum Gasteiger partial charge on any atom is 0.127 e. The summed E-state index contributed by atoms with van der Waals surface area (Å²) < 4.78 is 19.0. The minimum Gasteiger partial charge on any atom is -0.381 e. The van der Waals surface area contributed by atoms with E-state index in [0.717, 1.165) is 6.42 Å². The summed E-state index contributed by atoms with van der Waals surface area (Å²) >= 11 is 0. The van der Waals surface area contributed by atoms with Crippen LogP contribution in [0, 0.1) is 22.6 Å². The molecule has 2 rings (SSSR count). The Labute approximate surface area is 113 Å². The summed E-state index contributed by atoms with van der Waals surface area (Å²) in [5, 5.41) is 12.2. The Kier molecular flexibility index (Phi) is 3.88. The van der Waals surface area contributed by atoms with Crippen molar-refractivity contribution >= 4 is 0 Å². The summed E-state index contributed by atoms with van der Waals surface area (Å²) in [6, 6.07) is 6.77. The molecule has 0 amide bonds. The van der Waals surface area contributed by atoms with E-state index in [1.165, 1.54) is 12.1 Å². The van der Waals surface area contributed by atoms with Gasteiger partial charge in [-0.25, -0.2) is 4.39 Å². The number of nitriles is 1. The van der Waals surface area contributed by atoms with Crippen LogP contribution in [0.5, 0.6) is 0 Å². The summed E-state index contributed by atoms with van der Waals surface area (Å²) in [5.41, 5.74) is 1.08. The Bertz CT molecular complexity index is 507. The highest BCUT2D eigenvalue weighted by Gasteiger charge is 2.48. The Hall–Kier alpha value is -1.44. The second-order valence-corrected chi connectivity index (χ2v) is 5.63. The zero-order chi connectivity index (χ0) is 14.0. The van der Waals surface area contributed by atoms with E-state index in [0.29, 0.717) is 23.7 Å². The van der Waals surface area contributed by atoms with Crippen molar-refractivity contribution in [3.8, 4) is 6.07 Å². The number of nitrogens with one attached hydrogen (secondary N) is 1. The van der Waals surface area contributed by atoms with Gasteiger partial charge >= 0.3 is 0 Å². The van der Waals surface area contributed by atoms with Crippen LogP contribution >= 0.6 is 0 Å². The van der Waals surface area contributed by atoms with Crippen LogP contribution in [0.25, 0.3) is 0 Å². The number of halogens is 1. The monoisotopic (exact) mass is 262 g/mol. The third-order valence-electron chi connectivity index (χ3n) is 4.18. The third kappa shape index (κ3) is 2.63. The van der Waals surface area contributed by atoms with Gasteiger partial charge in [0, 0.05) is 30.7 Å². The maximum atomic E-state index is 13.6. The molecule has 102 valence electrons. The minimum absolute atomic E-state index is 0.0536. The lowest BCUT2D eigenvalue weighted by Crippen LogP contribution is -2.60. The Morgan fingerprint density at radius 1 is 1.53 bits per heavy atom. The molecule has 0 aromatic heterocycles. The molecule has 0 spiro atoms. The molecule has 0 aliphatic heterocycles. The molecule has 1 aliphatic rings. The first kappa shape index (κ1) is 14.0. The number of nitrogens with zero attached hydrogens (tertiary/aromatic N) is 1. The Morgan fingerprint density at radius 2 is 2.26 bits per heavy atom. The molecular weight excluding hydrogens is 243 g/mol. The van der Waals surface area contributed by atoms with Crippen LogP contribution in [-0.4, -0.2) is 19.3 Å². The predicted octanol–water partition coefficient (Wildman–Crippen LogP) is 2.60. The number of ether oxygens (including phenoxy) is 1. The summed E-state index contributed by atoms with van der Waals surface area (Å²) in [7, 11) is 1.72. The van der Waals surface area contributed by atoms with Gasteiger partial charge in [-0.3, -0.25) is 0 Å². The van der Waals surface area contributed by atoms with Crippen LogP contribution in [0.2, 0.25) is 0 Å². The zero-order valence-electron chi connectivity index (χ0n) is 11.5. The molecule has 2 unspecified atom stereocenters. The van der Waals surface area contributed by atoms with Gasteiger partial charge in [-0.1, -0.05) is 13.8 Å². The van der Waals surface area contributed by atoms with Crippen molar-refractivity contribution in [1.82, 2.24) is 5.32 Å². The standard InChI is InChI=1S/C15H19FN2O/c1-15(2)13(7-14(15)19-3)18-9-11-6-10(8-17)4-5-12(11)16/h4-6,13-14,18H,7,9H2,1-3H3. The highest BCUT2D eigenvalue weighted by molar-refractivity contribution is 5.33. The van der Waals surface area contributed by atoms with Gasteiger partial charge in [-0.05, 0) is 24.6 Å². The van der Waals surface area contributed by atoms with E-state index in [2.05, 4.69) is 19.2 Å². The van der Waals surface area contributed by atoms with E-state index in [9.17, 15) is 4.39 Å². The molecule has 1 N–H and O–H groups in total. The summed E-state index contributed by atoms with van der Waals surface area (Å²) in [6.45, 7) is 4.72. The lowest BCUT2D eigenvalue weighted by Gasteiger charge is -2.51. The second kappa shape index (κ2) is 5.28. The first-order valence-electron chi connectivity index (χ1n) is 6.43. The number of hydrogen-bond acceptors (Lipinski definition) is 3. The Balaban J connectivity index is 1.99. The molecule has 0 heterocycles. The highest BCUT2D eigenvalue weighted by Crippen LogP contribution is 2.42. The molecular formula is C15H19FN2O. The largest absolute Gasteiger partial charge is 0.381 e. The normalized spacial score (nSPS) is 24.6. The number of benzene rings is 1. The van der Waals surface area contributed by atoms with Crippen LogP contribution < -0.4 is 5.32 Å².